The van der Waals surface area contributed by atoms with Crippen LogP contribution in [0.1, 0.15) is 13.3 Å². The molecule has 11 heavy (non-hydrogen) atoms. The number of hydrogen-bond acceptors (Lipinski definition) is 2. The van der Waals surface area contributed by atoms with Gasteiger partial charge in [0.1, 0.15) is 0 Å². The molecular formula is C7H15NO2S. The van der Waals surface area contributed by atoms with Crippen molar-refractivity contribution in [2.24, 2.45) is 5.92 Å². The fourth-order valence-corrected chi connectivity index (χ4v) is 2.33. The Morgan fingerprint density at radius 3 is 2.64 bits per heavy atom. The lowest BCUT2D eigenvalue weighted by Crippen LogP contribution is -2.42. The molecule has 0 bridgehead atoms. The largest absolute Gasteiger partial charge is 0.392 e. The van der Waals surface area contributed by atoms with Gasteiger partial charge in [-0.25, -0.2) is 8.51 Å². The van der Waals surface area contributed by atoms with Crippen molar-refractivity contribution in [1.82, 2.24) is 4.31 Å². The SMILES string of the molecule is CC1CC(O)CN(S(C)=O)C1. The molecule has 3 atom stereocenters. The highest BCUT2D eigenvalue weighted by atomic mass is 32.2. The molecule has 66 valence electrons. The molecular weight excluding hydrogens is 162 g/mol. The van der Waals surface area contributed by atoms with Crippen LogP contribution in [-0.2, 0) is 11.0 Å². The Labute approximate surface area is 70.0 Å². The first-order chi connectivity index (χ1) is 5.09. The second kappa shape index (κ2) is 3.65. The fraction of sp³-hybridized carbons (Fsp3) is 1.00. The van der Waals surface area contributed by atoms with Gasteiger partial charge in [0.15, 0.2) is 0 Å². The van der Waals surface area contributed by atoms with Crippen LogP contribution in [0.4, 0.5) is 0 Å². The van der Waals surface area contributed by atoms with E-state index in [1.807, 2.05) is 4.31 Å². The van der Waals surface area contributed by atoms with E-state index in [0.717, 1.165) is 13.0 Å². The molecule has 1 heterocycles. The lowest BCUT2D eigenvalue weighted by molar-refractivity contribution is 0.0847. The van der Waals surface area contributed by atoms with Crippen molar-refractivity contribution in [2.45, 2.75) is 19.4 Å². The second-order valence-electron chi connectivity index (χ2n) is 3.27. The van der Waals surface area contributed by atoms with E-state index in [-0.39, 0.29) is 6.10 Å². The van der Waals surface area contributed by atoms with E-state index >= 15 is 0 Å². The fourth-order valence-electron chi connectivity index (χ4n) is 1.48. The molecule has 0 aromatic carbocycles. The smallest absolute Gasteiger partial charge is 0.0911 e. The summed E-state index contributed by atoms with van der Waals surface area (Å²) in [6.45, 7) is 3.48. The van der Waals surface area contributed by atoms with Crippen molar-refractivity contribution < 1.29 is 9.32 Å². The zero-order valence-electron chi connectivity index (χ0n) is 6.99. The van der Waals surface area contributed by atoms with Gasteiger partial charge in [-0.05, 0) is 12.3 Å². The van der Waals surface area contributed by atoms with Gasteiger partial charge in [0.05, 0.1) is 17.1 Å². The Morgan fingerprint density at radius 2 is 2.18 bits per heavy atom. The molecule has 0 radical (unpaired) electrons. The van der Waals surface area contributed by atoms with E-state index in [1.54, 1.807) is 6.26 Å². The number of rotatable bonds is 1. The second-order valence-corrected chi connectivity index (χ2v) is 4.63. The Morgan fingerprint density at radius 1 is 1.55 bits per heavy atom. The van der Waals surface area contributed by atoms with Crippen LogP contribution in [0.5, 0.6) is 0 Å². The van der Waals surface area contributed by atoms with Crippen LogP contribution in [0.25, 0.3) is 0 Å². The maximum atomic E-state index is 11.0. The van der Waals surface area contributed by atoms with Gasteiger partial charge in [0.25, 0.3) is 0 Å². The van der Waals surface area contributed by atoms with Gasteiger partial charge in [0, 0.05) is 19.3 Å². The molecule has 4 heteroatoms. The van der Waals surface area contributed by atoms with Gasteiger partial charge in [-0.3, -0.25) is 0 Å². The molecule has 1 N–H and O–H groups in total. The number of hydrogen-bond donors (Lipinski definition) is 1. The summed E-state index contributed by atoms with van der Waals surface area (Å²) in [5, 5.41) is 9.32. The molecule has 0 aromatic heterocycles. The minimum absolute atomic E-state index is 0.289. The maximum absolute atomic E-state index is 11.0. The predicted octanol–water partition coefficient (Wildman–Crippen LogP) is -0.0174. The zero-order chi connectivity index (χ0) is 8.43. The number of piperidine rings is 1. The van der Waals surface area contributed by atoms with Crippen molar-refractivity contribution in [3.05, 3.63) is 0 Å². The number of nitrogens with zero attached hydrogens (tertiary/aromatic N) is 1. The summed E-state index contributed by atoms with van der Waals surface area (Å²) in [5.74, 6) is 0.461. The van der Waals surface area contributed by atoms with Crippen LogP contribution < -0.4 is 0 Å². The maximum Gasteiger partial charge on any atom is 0.0911 e. The molecule has 3 nitrogen and oxygen atoms in total. The Kier molecular flexibility index (Phi) is 3.04. The predicted molar refractivity (Wildman–Crippen MR) is 45.4 cm³/mol. The molecule has 1 saturated heterocycles. The molecule has 3 unspecified atom stereocenters. The Hall–Kier alpha value is 0.0700. The minimum atomic E-state index is -0.920. The van der Waals surface area contributed by atoms with Gasteiger partial charge >= 0.3 is 0 Å². The van der Waals surface area contributed by atoms with Crippen molar-refractivity contribution in [1.29, 1.82) is 0 Å². The highest BCUT2D eigenvalue weighted by Gasteiger charge is 2.24. The molecule has 1 aliphatic heterocycles. The minimum Gasteiger partial charge on any atom is -0.392 e. The first kappa shape index (κ1) is 9.16. The van der Waals surface area contributed by atoms with E-state index in [0.29, 0.717) is 12.5 Å². The summed E-state index contributed by atoms with van der Waals surface area (Å²) < 4.78 is 12.8. The van der Waals surface area contributed by atoms with E-state index in [9.17, 15) is 9.32 Å². The third-order valence-electron chi connectivity index (χ3n) is 1.97. The average molecular weight is 177 g/mol. The molecule has 0 aromatic rings. The zero-order valence-corrected chi connectivity index (χ0v) is 7.80. The first-order valence-electron chi connectivity index (χ1n) is 3.86. The van der Waals surface area contributed by atoms with E-state index in [1.165, 1.54) is 0 Å². The van der Waals surface area contributed by atoms with Gasteiger partial charge in [-0.1, -0.05) is 6.92 Å². The highest BCUT2D eigenvalue weighted by molar-refractivity contribution is 7.81. The topological polar surface area (TPSA) is 40.5 Å². The molecule has 1 aliphatic rings. The van der Waals surface area contributed by atoms with Crippen LogP contribution in [0.2, 0.25) is 0 Å². The number of aliphatic hydroxyl groups excluding tert-OH is 1. The highest BCUT2D eigenvalue weighted by Crippen LogP contribution is 2.16. The summed E-state index contributed by atoms with van der Waals surface area (Å²) in [7, 11) is -0.920. The normalized spacial score (nSPS) is 37.0. The van der Waals surface area contributed by atoms with Crippen molar-refractivity contribution >= 4 is 11.0 Å². The third-order valence-corrected chi connectivity index (χ3v) is 2.99. The molecule has 1 fully saturated rings. The summed E-state index contributed by atoms with van der Waals surface area (Å²) >= 11 is 0. The van der Waals surface area contributed by atoms with Crippen LogP contribution in [0.15, 0.2) is 0 Å². The van der Waals surface area contributed by atoms with Crippen molar-refractivity contribution in [3.63, 3.8) is 0 Å². The van der Waals surface area contributed by atoms with Gasteiger partial charge in [-0.2, -0.15) is 0 Å². The summed E-state index contributed by atoms with van der Waals surface area (Å²) in [5.41, 5.74) is 0. The van der Waals surface area contributed by atoms with Gasteiger partial charge < -0.3 is 5.11 Å². The molecule has 0 spiro atoms. The lowest BCUT2D eigenvalue weighted by atomic mass is 10.00. The van der Waals surface area contributed by atoms with E-state index in [4.69, 9.17) is 0 Å². The number of β-amino-alcohol motifs (C(OH)–C–C–N with tert-alkyl or cyclic N) is 1. The van der Waals surface area contributed by atoms with Crippen molar-refractivity contribution in [3.8, 4) is 0 Å². The van der Waals surface area contributed by atoms with Crippen LogP contribution >= 0.6 is 0 Å². The average Bonchev–Trinajstić information content (AvgIpc) is 1.85. The summed E-state index contributed by atoms with van der Waals surface area (Å²) in [6, 6.07) is 0. The molecule has 0 amide bonds. The molecule has 0 saturated carbocycles. The lowest BCUT2D eigenvalue weighted by Gasteiger charge is -2.31. The van der Waals surface area contributed by atoms with Crippen LogP contribution in [0, 0.1) is 5.92 Å². The number of aliphatic hydroxyl groups is 1. The quantitative estimate of drug-likeness (QED) is 0.611. The third kappa shape index (κ3) is 2.54. The van der Waals surface area contributed by atoms with Crippen LogP contribution in [-0.4, -0.2) is 39.1 Å². The molecule has 0 aliphatic carbocycles. The summed E-state index contributed by atoms with van der Waals surface area (Å²) in [4.78, 5) is 0. The Bertz CT molecular complexity index is 153. The van der Waals surface area contributed by atoms with Gasteiger partial charge in [-0.15, -0.1) is 0 Å². The standard InChI is InChI=1S/C7H15NO2S/c1-6-3-7(9)5-8(4-6)11(2)10/h6-7,9H,3-5H2,1-2H3. The van der Waals surface area contributed by atoms with E-state index < -0.39 is 11.0 Å². The summed E-state index contributed by atoms with van der Waals surface area (Å²) in [6.07, 6.45) is 2.21. The first-order valence-corrected chi connectivity index (χ1v) is 5.37. The van der Waals surface area contributed by atoms with Crippen molar-refractivity contribution in [2.75, 3.05) is 19.3 Å². The molecule has 1 rings (SSSR count). The monoisotopic (exact) mass is 177 g/mol. The van der Waals surface area contributed by atoms with Gasteiger partial charge in [0.2, 0.25) is 0 Å². The van der Waals surface area contributed by atoms with E-state index in [2.05, 4.69) is 6.92 Å². The van der Waals surface area contributed by atoms with Crippen LogP contribution in [0.3, 0.4) is 0 Å². The Balaban J connectivity index is 2.49.